The van der Waals surface area contributed by atoms with Gasteiger partial charge in [0.15, 0.2) is 0 Å². The Hall–Kier alpha value is -0.120. The van der Waals surface area contributed by atoms with Crippen LogP contribution < -0.4 is 5.73 Å². The number of likely N-dealkylation sites (tertiary alicyclic amines) is 1. The molecule has 0 spiro atoms. The van der Waals surface area contributed by atoms with Crippen LogP contribution in [-0.2, 0) is 4.74 Å². The molecule has 3 heteroatoms. The van der Waals surface area contributed by atoms with Crippen molar-refractivity contribution in [3.63, 3.8) is 0 Å². The first kappa shape index (κ1) is 11.0. The fourth-order valence-corrected chi connectivity index (χ4v) is 1.58. The minimum absolute atomic E-state index is 0.394. The fourth-order valence-electron chi connectivity index (χ4n) is 1.58. The molecule has 13 heavy (non-hydrogen) atoms. The van der Waals surface area contributed by atoms with E-state index in [0.717, 1.165) is 39.3 Å². The van der Waals surface area contributed by atoms with Crippen molar-refractivity contribution >= 4 is 0 Å². The number of hydrogen-bond donors (Lipinski definition) is 1. The molecule has 78 valence electrons. The number of nitrogens with zero attached hydrogens (tertiary/aromatic N) is 1. The summed E-state index contributed by atoms with van der Waals surface area (Å²) in [5, 5.41) is 0. The van der Waals surface area contributed by atoms with Crippen LogP contribution in [0.1, 0.15) is 20.3 Å². The van der Waals surface area contributed by atoms with Gasteiger partial charge < -0.3 is 10.5 Å². The van der Waals surface area contributed by atoms with Crippen LogP contribution in [-0.4, -0.2) is 43.8 Å². The first-order valence-corrected chi connectivity index (χ1v) is 5.24. The minimum Gasteiger partial charge on any atom is -0.380 e. The number of hydrogen-bond acceptors (Lipinski definition) is 3. The highest BCUT2D eigenvalue weighted by Gasteiger charge is 2.17. The van der Waals surface area contributed by atoms with Crippen LogP contribution >= 0.6 is 0 Å². The topological polar surface area (TPSA) is 38.5 Å². The molecule has 3 nitrogen and oxygen atoms in total. The van der Waals surface area contributed by atoms with Crippen LogP contribution in [0.3, 0.4) is 0 Å². The summed E-state index contributed by atoms with van der Waals surface area (Å²) in [5.41, 5.74) is 5.80. The molecule has 2 N–H and O–H groups in total. The highest BCUT2D eigenvalue weighted by molar-refractivity contribution is 4.77. The molecule has 1 aliphatic rings. The van der Waals surface area contributed by atoms with Crippen molar-refractivity contribution in [2.24, 2.45) is 11.7 Å². The zero-order valence-corrected chi connectivity index (χ0v) is 8.83. The minimum atomic E-state index is 0.394. The van der Waals surface area contributed by atoms with E-state index in [9.17, 15) is 0 Å². The Labute approximate surface area is 81.2 Å². The van der Waals surface area contributed by atoms with E-state index in [1.54, 1.807) is 0 Å². The van der Waals surface area contributed by atoms with Crippen molar-refractivity contribution in [1.29, 1.82) is 0 Å². The molecule has 1 heterocycles. The molecule has 0 aromatic heterocycles. The van der Waals surface area contributed by atoms with Crippen molar-refractivity contribution < 1.29 is 4.74 Å². The van der Waals surface area contributed by atoms with Crippen LogP contribution in [0.4, 0.5) is 0 Å². The fraction of sp³-hybridized carbons (Fsp3) is 1.00. The van der Waals surface area contributed by atoms with Crippen molar-refractivity contribution in [1.82, 2.24) is 4.90 Å². The summed E-state index contributed by atoms with van der Waals surface area (Å²) in [7, 11) is 0. The van der Waals surface area contributed by atoms with Crippen LogP contribution in [0.5, 0.6) is 0 Å². The SMILES string of the molecule is CC(C)COCCN1CC[C@H](N)C1. The largest absolute Gasteiger partial charge is 0.380 e. The quantitative estimate of drug-likeness (QED) is 0.642. The Morgan fingerprint density at radius 3 is 2.85 bits per heavy atom. The van der Waals surface area contributed by atoms with Gasteiger partial charge in [-0.15, -0.1) is 0 Å². The molecule has 0 aromatic rings. The van der Waals surface area contributed by atoms with Crippen molar-refractivity contribution in [3.05, 3.63) is 0 Å². The molecule has 1 fully saturated rings. The maximum absolute atomic E-state index is 5.80. The predicted molar refractivity (Wildman–Crippen MR) is 54.7 cm³/mol. The Balaban J connectivity index is 1.94. The van der Waals surface area contributed by atoms with Gasteiger partial charge in [0, 0.05) is 25.7 Å². The van der Waals surface area contributed by atoms with Crippen molar-refractivity contribution in [2.45, 2.75) is 26.3 Å². The molecule has 0 amide bonds. The van der Waals surface area contributed by atoms with Crippen molar-refractivity contribution in [2.75, 3.05) is 32.8 Å². The van der Waals surface area contributed by atoms with Crippen molar-refractivity contribution in [3.8, 4) is 0 Å². The van der Waals surface area contributed by atoms with E-state index in [1.165, 1.54) is 0 Å². The lowest BCUT2D eigenvalue weighted by Gasteiger charge is -2.15. The van der Waals surface area contributed by atoms with Gasteiger partial charge in [0.25, 0.3) is 0 Å². The number of rotatable bonds is 5. The summed E-state index contributed by atoms with van der Waals surface area (Å²) in [4.78, 5) is 2.38. The van der Waals surface area contributed by atoms with E-state index in [0.29, 0.717) is 12.0 Å². The number of nitrogens with two attached hydrogens (primary N) is 1. The summed E-state index contributed by atoms with van der Waals surface area (Å²) in [5.74, 6) is 0.640. The van der Waals surface area contributed by atoms with E-state index in [2.05, 4.69) is 18.7 Å². The zero-order chi connectivity index (χ0) is 9.68. The third-order valence-corrected chi connectivity index (χ3v) is 2.31. The van der Waals surface area contributed by atoms with E-state index >= 15 is 0 Å². The second kappa shape index (κ2) is 5.58. The van der Waals surface area contributed by atoms with Crippen LogP contribution in [0.25, 0.3) is 0 Å². The third kappa shape index (κ3) is 4.60. The summed E-state index contributed by atoms with van der Waals surface area (Å²) in [6.07, 6.45) is 1.14. The highest BCUT2D eigenvalue weighted by atomic mass is 16.5. The molecule has 0 unspecified atom stereocenters. The molecule has 1 saturated heterocycles. The van der Waals surface area contributed by atoms with Crippen LogP contribution in [0.15, 0.2) is 0 Å². The zero-order valence-electron chi connectivity index (χ0n) is 8.83. The monoisotopic (exact) mass is 186 g/mol. The van der Waals surface area contributed by atoms with Crippen LogP contribution in [0.2, 0.25) is 0 Å². The molecule has 0 aromatic carbocycles. The maximum atomic E-state index is 5.80. The van der Waals surface area contributed by atoms with Gasteiger partial charge in [-0.05, 0) is 18.9 Å². The van der Waals surface area contributed by atoms with Gasteiger partial charge in [-0.2, -0.15) is 0 Å². The van der Waals surface area contributed by atoms with E-state index in [1.807, 2.05) is 0 Å². The summed E-state index contributed by atoms with van der Waals surface area (Å²) < 4.78 is 5.51. The first-order valence-electron chi connectivity index (χ1n) is 5.24. The van der Waals surface area contributed by atoms with Gasteiger partial charge in [0.05, 0.1) is 6.61 Å². The molecule has 1 aliphatic heterocycles. The summed E-state index contributed by atoms with van der Waals surface area (Å²) >= 11 is 0. The molecule has 1 rings (SSSR count). The second-order valence-electron chi connectivity index (χ2n) is 4.32. The van der Waals surface area contributed by atoms with Gasteiger partial charge in [-0.3, -0.25) is 4.90 Å². The highest BCUT2D eigenvalue weighted by Crippen LogP contribution is 2.05. The van der Waals surface area contributed by atoms with E-state index < -0.39 is 0 Å². The third-order valence-electron chi connectivity index (χ3n) is 2.31. The molecule has 0 bridgehead atoms. The Bertz CT molecular complexity index is 139. The summed E-state index contributed by atoms with van der Waals surface area (Å²) in [6.45, 7) is 9.31. The lowest BCUT2D eigenvalue weighted by molar-refractivity contribution is 0.0909. The maximum Gasteiger partial charge on any atom is 0.0593 e. The predicted octanol–water partition coefficient (Wildman–Crippen LogP) is 0.692. The molecular weight excluding hydrogens is 164 g/mol. The Kier molecular flexibility index (Phi) is 4.70. The molecule has 0 aliphatic carbocycles. The Morgan fingerprint density at radius 1 is 1.54 bits per heavy atom. The average molecular weight is 186 g/mol. The normalized spacial score (nSPS) is 24.5. The second-order valence-corrected chi connectivity index (χ2v) is 4.32. The van der Waals surface area contributed by atoms with Gasteiger partial charge in [0.1, 0.15) is 0 Å². The number of ether oxygens (including phenoxy) is 1. The van der Waals surface area contributed by atoms with Crippen LogP contribution in [0, 0.1) is 5.92 Å². The standard InChI is InChI=1S/C10H22N2O/c1-9(2)8-13-6-5-12-4-3-10(11)7-12/h9-10H,3-8,11H2,1-2H3/t10-/m0/s1. The smallest absolute Gasteiger partial charge is 0.0593 e. The Morgan fingerprint density at radius 2 is 2.31 bits per heavy atom. The lowest BCUT2D eigenvalue weighted by Crippen LogP contribution is -2.29. The lowest BCUT2D eigenvalue weighted by atomic mass is 10.2. The van der Waals surface area contributed by atoms with E-state index in [4.69, 9.17) is 10.5 Å². The first-order chi connectivity index (χ1) is 6.18. The molecular formula is C10H22N2O. The van der Waals surface area contributed by atoms with Gasteiger partial charge >= 0.3 is 0 Å². The van der Waals surface area contributed by atoms with Gasteiger partial charge in [0.2, 0.25) is 0 Å². The average Bonchev–Trinajstić information content (AvgIpc) is 2.45. The van der Waals surface area contributed by atoms with Gasteiger partial charge in [-0.25, -0.2) is 0 Å². The molecule has 0 saturated carbocycles. The summed E-state index contributed by atoms with van der Waals surface area (Å²) in [6, 6.07) is 0.394. The van der Waals surface area contributed by atoms with Gasteiger partial charge in [-0.1, -0.05) is 13.8 Å². The van der Waals surface area contributed by atoms with E-state index in [-0.39, 0.29) is 0 Å². The molecule has 1 atom stereocenters. The molecule has 0 radical (unpaired) electrons.